The van der Waals surface area contributed by atoms with E-state index in [9.17, 15) is 4.79 Å². The Morgan fingerprint density at radius 1 is 1.24 bits per heavy atom. The normalized spacial score (nSPS) is 32.4. The molecule has 3 atom stereocenters. The van der Waals surface area contributed by atoms with Gasteiger partial charge in [-0.2, -0.15) is 0 Å². The predicted octanol–water partition coefficient (Wildman–Crippen LogP) is 1.93. The monoisotopic (exact) mass is 238 g/mol. The fourth-order valence-electron chi connectivity index (χ4n) is 3.24. The van der Waals surface area contributed by atoms with Crippen LogP contribution >= 0.6 is 0 Å². The van der Waals surface area contributed by atoms with Crippen molar-refractivity contribution >= 4 is 5.91 Å². The number of hydrogen-bond donors (Lipinski definition) is 2. The van der Waals surface area contributed by atoms with E-state index in [0.29, 0.717) is 17.9 Å². The van der Waals surface area contributed by atoms with Crippen molar-refractivity contribution in [3.8, 4) is 0 Å². The van der Waals surface area contributed by atoms with Crippen LogP contribution in [0.3, 0.4) is 0 Å². The van der Waals surface area contributed by atoms with Crippen LogP contribution in [0.5, 0.6) is 0 Å². The van der Waals surface area contributed by atoms with Crippen molar-refractivity contribution in [2.45, 2.75) is 52.0 Å². The highest BCUT2D eigenvalue weighted by Crippen LogP contribution is 2.26. The van der Waals surface area contributed by atoms with Crippen LogP contribution in [0.15, 0.2) is 0 Å². The molecule has 1 amide bonds. The molecule has 0 aromatic heterocycles. The highest BCUT2D eigenvalue weighted by Gasteiger charge is 2.31. The Morgan fingerprint density at radius 3 is 2.53 bits per heavy atom. The van der Waals surface area contributed by atoms with Gasteiger partial charge in [-0.3, -0.25) is 4.79 Å². The van der Waals surface area contributed by atoms with Crippen LogP contribution in [-0.4, -0.2) is 25.0 Å². The van der Waals surface area contributed by atoms with Gasteiger partial charge in [0.25, 0.3) is 0 Å². The molecule has 3 heteroatoms. The molecule has 2 rings (SSSR count). The molecule has 2 N–H and O–H groups in total. The summed E-state index contributed by atoms with van der Waals surface area (Å²) in [5.74, 6) is 1.63. The van der Waals surface area contributed by atoms with Crippen molar-refractivity contribution < 1.29 is 4.79 Å². The molecule has 1 aliphatic heterocycles. The summed E-state index contributed by atoms with van der Waals surface area (Å²) in [7, 11) is 0. The van der Waals surface area contributed by atoms with E-state index in [0.717, 1.165) is 13.1 Å². The smallest absolute Gasteiger partial charge is 0.224 e. The molecule has 1 aliphatic carbocycles. The molecule has 2 aliphatic rings. The molecule has 17 heavy (non-hydrogen) atoms. The first-order valence-electron chi connectivity index (χ1n) is 7.19. The average molecular weight is 238 g/mol. The maximum Gasteiger partial charge on any atom is 0.224 e. The molecule has 0 bridgehead atoms. The van der Waals surface area contributed by atoms with Gasteiger partial charge in [0, 0.05) is 12.6 Å². The summed E-state index contributed by atoms with van der Waals surface area (Å²) in [6.07, 6.45) is 6.64. The minimum atomic E-state index is 0.182. The summed E-state index contributed by atoms with van der Waals surface area (Å²) >= 11 is 0. The van der Waals surface area contributed by atoms with Gasteiger partial charge in [0.2, 0.25) is 5.91 Å². The Hall–Kier alpha value is -0.570. The molecule has 1 heterocycles. The second-order valence-electron chi connectivity index (χ2n) is 5.94. The van der Waals surface area contributed by atoms with Crippen molar-refractivity contribution in [1.82, 2.24) is 10.6 Å². The maximum absolute atomic E-state index is 12.2. The molecule has 1 saturated carbocycles. The number of nitrogens with one attached hydrogen (secondary N) is 2. The van der Waals surface area contributed by atoms with E-state index in [4.69, 9.17) is 0 Å². The average Bonchev–Trinajstić information content (AvgIpc) is 2.76. The molecule has 0 spiro atoms. The lowest BCUT2D eigenvalue weighted by Crippen LogP contribution is -2.43. The summed E-state index contributed by atoms with van der Waals surface area (Å²) in [4.78, 5) is 12.2. The van der Waals surface area contributed by atoms with Gasteiger partial charge >= 0.3 is 0 Å². The molecule has 2 fully saturated rings. The van der Waals surface area contributed by atoms with E-state index in [1.165, 1.54) is 32.1 Å². The van der Waals surface area contributed by atoms with E-state index in [-0.39, 0.29) is 11.8 Å². The third-order valence-corrected chi connectivity index (χ3v) is 4.58. The van der Waals surface area contributed by atoms with Crippen LogP contribution in [0.2, 0.25) is 0 Å². The van der Waals surface area contributed by atoms with Gasteiger partial charge in [-0.1, -0.05) is 26.2 Å². The molecule has 0 aromatic rings. The predicted molar refractivity (Wildman–Crippen MR) is 69.7 cm³/mol. The zero-order chi connectivity index (χ0) is 12.3. The van der Waals surface area contributed by atoms with E-state index < -0.39 is 0 Å². The molecule has 0 aromatic carbocycles. The maximum atomic E-state index is 12.2. The number of carbonyl (C=O) groups is 1. The first-order valence-corrected chi connectivity index (χ1v) is 7.19. The largest absolute Gasteiger partial charge is 0.353 e. The Kier molecular flexibility index (Phi) is 4.43. The molecule has 3 unspecified atom stereocenters. The second kappa shape index (κ2) is 5.85. The standard InChI is InChI=1S/C14H26N2O/c1-10-8-15-9-13(10)14(17)16-11(2)12-6-4-3-5-7-12/h10-13,15H,3-9H2,1-2H3,(H,16,17). The van der Waals surface area contributed by atoms with Gasteiger partial charge in [-0.05, 0) is 38.1 Å². The van der Waals surface area contributed by atoms with Crippen LogP contribution in [0.25, 0.3) is 0 Å². The lowest BCUT2D eigenvalue weighted by atomic mass is 9.84. The van der Waals surface area contributed by atoms with E-state index in [1.807, 2.05) is 0 Å². The number of amides is 1. The summed E-state index contributed by atoms with van der Waals surface area (Å²) < 4.78 is 0. The van der Waals surface area contributed by atoms with Crippen LogP contribution in [0.1, 0.15) is 46.0 Å². The van der Waals surface area contributed by atoms with Gasteiger partial charge in [0.05, 0.1) is 5.92 Å². The SMILES string of the molecule is CC1CNCC1C(=O)NC(C)C1CCCCC1. The lowest BCUT2D eigenvalue weighted by molar-refractivity contribution is -0.126. The third kappa shape index (κ3) is 3.21. The van der Waals surface area contributed by atoms with E-state index in [1.54, 1.807) is 0 Å². The summed E-state index contributed by atoms with van der Waals surface area (Å²) in [6, 6.07) is 0.357. The molecular formula is C14H26N2O. The zero-order valence-corrected chi connectivity index (χ0v) is 11.2. The van der Waals surface area contributed by atoms with Crippen LogP contribution in [-0.2, 0) is 4.79 Å². The number of rotatable bonds is 3. The van der Waals surface area contributed by atoms with Crippen molar-refractivity contribution in [2.24, 2.45) is 17.8 Å². The second-order valence-corrected chi connectivity index (χ2v) is 5.94. The van der Waals surface area contributed by atoms with Crippen LogP contribution < -0.4 is 10.6 Å². The minimum Gasteiger partial charge on any atom is -0.353 e. The van der Waals surface area contributed by atoms with Gasteiger partial charge in [-0.15, -0.1) is 0 Å². The number of hydrogen-bond acceptors (Lipinski definition) is 2. The Balaban J connectivity index is 1.80. The van der Waals surface area contributed by atoms with Crippen molar-refractivity contribution in [3.05, 3.63) is 0 Å². The van der Waals surface area contributed by atoms with E-state index in [2.05, 4.69) is 24.5 Å². The zero-order valence-electron chi connectivity index (χ0n) is 11.2. The Labute approximate surface area is 105 Å². The Bertz CT molecular complexity index is 261. The van der Waals surface area contributed by atoms with Crippen LogP contribution in [0.4, 0.5) is 0 Å². The molecule has 0 radical (unpaired) electrons. The lowest BCUT2D eigenvalue weighted by Gasteiger charge is -2.29. The molecule has 3 nitrogen and oxygen atoms in total. The first kappa shape index (κ1) is 12.9. The minimum absolute atomic E-state index is 0.182. The summed E-state index contributed by atoms with van der Waals surface area (Å²) in [5, 5.41) is 6.54. The van der Waals surface area contributed by atoms with Crippen LogP contribution in [0, 0.1) is 17.8 Å². The summed E-state index contributed by atoms with van der Waals surface area (Å²) in [6.45, 7) is 6.18. The third-order valence-electron chi connectivity index (χ3n) is 4.58. The fourth-order valence-corrected chi connectivity index (χ4v) is 3.24. The van der Waals surface area contributed by atoms with Gasteiger partial charge in [0.15, 0.2) is 0 Å². The molecule has 98 valence electrons. The first-order chi connectivity index (χ1) is 8.18. The number of carbonyl (C=O) groups excluding carboxylic acids is 1. The van der Waals surface area contributed by atoms with Gasteiger partial charge < -0.3 is 10.6 Å². The Morgan fingerprint density at radius 2 is 1.94 bits per heavy atom. The molecular weight excluding hydrogens is 212 g/mol. The fraction of sp³-hybridized carbons (Fsp3) is 0.929. The molecule has 1 saturated heterocycles. The van der Waals surface area contributed by atoms with Gasteiger partial charge in [-0.25, -0.2) is 0 Å². The van der Waals surface area contributed by atoms with Gasteiger partial charge in [0.1, 0.15) is 0 Å². The highest BCUT2D eigenvalue weighted by atomic mass is 16.2. The van der Waals surface area contributed by atoms with Crippen molar-refractivity contribution in [2.75, 3.05) is 13.1 Å². The highest BCUT2D eigenvalue weighted by molar-refractivity contribution is 5.79. The topological polar surface area (TPSA) is 41.1 Å². The van der Waals surface area contributed by atoms with Crippen molar-refractivity contribution in [3.63, 3.8) is 0 Å². The van der Waals surface area contributed by atoms with Crippen molar-refractivity contribution in [1.29, 1.82) is 0 Å². The van der Waals surface area contributed by atoms with E-state index >= 15 is 0 Å². The quantitative estimate of drug-likeness (QED) is 0.789. The summed E-state index contributed by atoms with van der Waals surface area (Å²) in [5.41, 5.74) is 0.